The number of ether oxygens (including phenoxy) is 3. The molecule has 0 amide bonds. The zero-order valence-electron chi connectivity index (χ0n) is 12.5. The predicted molar refractivity (Wildman–Crippen MR) is 75.1 cm³/mol. The Balaban J connectivity index is 3.27. The smallest absolute Gasteiger partial charge is 0.0701 e. The summed E-state index contributed by atoms with van der Waals surface area (Å²) >= 11 is 0. The van der Waals surface area contributed by atoms with Crippen molar-refractivity contribution in [2.45, 2.75) is 39.7 Å². The third kappa shape index (κ3) is 11.0. The van der Waals surface area contributed by atoms with E-state index in [1.54, 1.807) is 7.11 Å². The molecule has 4 nitrogen and oxygen atoms in total. The summed E-state index contributed by atoms with van der Waals surface area (Å²) in [5.74, 6) is 0.683. The van der Waals surface area contributed by atoms with Gasteiger partial charge in [0.2, 0.25) is 0 Å². The molecule has 1 atom stereocenters. The molecule has 0 aromatic carbocycles. The van der Waals surface area contributed by atoms with Gasteiger partial charge in [0.25, 0.3) is 0 Å². The Kier molecular flexibility index (Phi) is 13.2. The minimum Gasteiger partial charge on any atom is -0.382 e. The van der Waals surface area contributed by atoms with Crippen molar-refractivity contribution in [2.24, 2.45) is 5.92 Å². The third-order valence-electron chi connectivity index (χ3n) is 2.88. The second-order valence-electron chi connectivity index (χ2n) is 4.77. The van der Waals surface area contributed by atoms with Crippen molar-refractivity contribution >= 4 is 0 Å². The molecular weight excluding hydrogens is 230 g/mol. The van der Waals surface area contributed by atoms with Crippen molar-refractivity contribution in [1.29, 1.82) is 0 Å². The van der Waals surface area contributed by atoms with Crippen LogP contribution < -0.4 is 5.32 Å². The monoisotopic (exact) mass is 261 g/mol. The van der Waals surface area contributed by atoms with Crippen molar-refractivity contribution in [3.8, 4) is 0 Å². The van der Waals surface area contributed by atoms with E-state index in [-0.39, 0.29) is 0 Å². The van der Waals surface area contributed by atoms with Crippen LogP contribution in [0, 0.1) is 5.92 Å². The Morgan fingerprint density at radius 3 is 2.11 bits per heavy atom. The fraction of sp³-hybridized carbons (Fsp3) is 1.00. The lowest BCUT2D eigenvalue weighted by molar-refractivity contribution is 0.0234. The summed E-state index contributed by atoms with van der Waals surface area (Å²) in [5.41, 5.74) is 0. The van der Waals surface area contributed by atoms with Crippen LogP contribution in [0.15, 0.2) is 0 Å². The highest BCUT2D eigenvalue weighted by atomic mass is 16.5. The first-order valence-corrected chi connectivity index (χ1v) is 7.10. The van der Waals surface area contributed by atoms with Crippen LogP contribution in [0.3, 0.4) is 0 Å². The number of hydrogen-bond acceptors (Lipinski definition) is 4. The maximum Gasteiger partial charge on any atom is 0.0701 e. The van der Waals surface area contributed by atoms with E-state index >= 15 is 0 Å². The lowest BCUT2D eigenvalue weighted by Gasteiger charge is -2.21. The van der Waals surface area contributed by atoms with E-state index in [2.05, 4.69) is 26.1 Å². The Hall–Kier alpha value is -0.160. The summed E-state index contributed by atoms with van der Waals surface area (Å²) in [6.07, 6.45) is 2.28. The summed E-state index contributed by atoms with van der Waals surface area (Å²) in [4.78, 5) is 0. The van der Waals surface area contributed by atoms with Gasteiger partial charge in [-0.2, -0.15) is 0 Å². The number of methoxy groups -OCH3 is 1. The molecular formula is C14H31NO3. The average Bonchev–Trinajstić information content (AvgIpc) is 2.35. The van der Waals surface area contributed by atoms with Crippen LogP contribution >= 0.6 is 0 Å². The SMILES string of the molecule is CCNC(CCCOCCOCCOC)C(C)C. The van der Waals surface area contributed by atoms with Crippen LogP contribution in [0.25, 0.3) is 0 Å². The van der Waals surface area contributed by atoms with Crippen LogP contribution in [0.1, 0.15) is 33.6 Å². The van der Waals surface area contributed by atoms with Crippen molar-refractivity contribution in [3.63, 3.8) is 0 Å². The largest absolute Gasteiger partial charge is 0.382 e. The highest BCUT2D eigenvalue weighted by Gasteiger charge is 2.10. The molecule has 0 fully saturated rings. The molecule has 0 aromatic heterocycles. The van der Waals surface area contributed by atoms with Crippen LogP contribution in [0.4, 0.5) is 0 Å². The molecule has 0 heterocycles. The highest BCUT2D eigenvalue weighted by Crippen LogP contribution is 2.08. The fourth-order valence-corrected chi connectivity index (χ4v) is 1.80. The van der Waals surface area contributed by atoms with Gasteiger partial charge in [0, 0.05) is 19.8 Å². The Labute approximate surface area is 112 Å². The topological polar surface area (TPSA) is 39.7 Å². The van der Waals surface area contributed by atoms with Crippen LogP contribution in [-0.4, -0.2) is 52.7 Å². The molecule has 1 N–H and O–H groups in total. The molecule has 0 saturated carbocycles. The molecule has 0 radical (unpaired) electrons. The summed E-state index contributed by atoms with van der Waals surface area (Å²) in [6, 6.07) is 0.608. The molecule has 0 aliphatic carbocycles. The number of hydrogen-bond donors (Lipinski definition) is 1. The van der Waals surface area contributed by atoms with Gasteiger partial charge in [-0.1, -0.05) is 20.8 Å². The molecule has 110 valence electrons. The number of nitrogens with one attached hydrogen (secondary N) is 1. The normalized spacial score (nSPS) is 13.2. The van der Waals surface area contributed by atoms with Crippen LogP contribution in [-0.2, 0) is 14.2 Å². The third-order valence-corrected chi connectivity index (χ3v) is 2.88. The van der Waals surface area contributed by atoms with Gasteiger partial charge in [-0.15, -0.1) is 0 Å². The second-order valence-corrected chi connectivity index (χ2v) is 4.77. The molecule has 18 heavy (non-hydrogen) atoms. The Bertz CT molecular complexity index is 165. The van der Waals surface area contributed by atoms with Crippen molar-refractivity contribution < 1.29 is 14.2 Å². The van der Waals surface area contributed by atoms with Crippen molar-refractivity contribution in [3.05, 3.63) is 0 Å². The zero-order chi connectivity index (χ0) is 13.6. The van der Waals surface area contributed by atoms with E-state index in [1.807, 2.05) is 0 Å². The molecule has 0 aliphatic heterocycles. The maximum absolute atomic E-state index is 5.53. The van der Waals surface area contributed by atoms with Gasteiger partial charge in [0.05, 0.1) is 26.4 Å². The minimum atomic E-state index is 0.608. The summed E-state index contributed by atoms with van der Waals surface area (Å²) in [6.45, 7) is 11.2. The van der Waals surface area contributed by atoms with Gasteiger partial charge < -0.3 is 19.5 Å². The minimum absolute atomic E-state index is 0.608. The maximum atomic E-state index is 5.53. The van der Waals surface area contributed by atoms with Crippen molar-refractivity contribution in [2.75, 3.05) is 46.7 Å². The van der Waals surface area contributed by atoms with Gasteiger partial charge >= 0.3 is 0 Å². The lowest BCUT2D eigenvalue weighted by Crippen LogP contribution is -2.33. The average molecular weight is 261 g/mol. The summed E-state index contributed by atoms with van der Waals surface area (Å²) in [5, 5.41) is 3.51. The molecule has 0 spiro atoms. The van der Waals surface area contributed by atoms with E-state index in [1.165, 1.54) is 6.42 Å². The van der Waals surface area contributed by atoms with Gasteiger partial charge in [0.1, 0.15) is 0 Å². The lowest BCUT2D eigenvalue weighted by atomic mass is 9.99. The van der Waals surface area contributed by atoms with E-state index in [9.17, 15) is 0 Å². The molecule has 0 rings (SSSR count). The molecule has 0 aromatic rings. The van der Waals surface area contributed by atoms with Crippen LogP contribution in [0.5, 0.6) is 0 Å². The first-order valence-electron chi connectivity index (χ1n) is 7.10. The van der Waals surface area contributed by atoms with Gasteiger partial charge in [-0.05, 0) is 25.3 Å². The van der Waals surface area contributed by atoms with E-state index in [0.29, 0.717) is 38.4 Å². The molecule has 0 saturated heterocycles. The van der Waals surface area contributed by atoms with E-state index < -0.39 is 0 Å². The molecule has 1 unspecified atom stereocenters. The molecule has 0 bridgehead atoms. The van der Waals surface area contributed by atoms with Crippen molar-refractivity contribution in [1.82, 2.24) is 5.32 Å². The molecule has 4 heteroatoms. The zero-order valence-corrected chi connectivity index (χ0v) is 12.5. The Morgan fingerprint density at radius 1 is 0.944 bits per heavy atom. The van der Waals surface area contributed by atoms with E-state index in [4.69, 9.17) is 14.2 Å². The summed E-state index contributed by atoms with van der Waals surface area (Å²) < 4.78 is 15.7. The van der Waals surface area contributed by atoms with Gasteiger partial charge in [-0.25, -0.2) is 0 Å². The van der Waals surface area contributed by atoms with Gasteiger partial charge in [0.15, 0.2) is 0 Å². The highest BCUT2D eigenvalue weighted by molar-refractivity contribution is 4.69. The van der Waals surface area contributed by atoms with E-state index in [0.717, 1.165) is 19.6 Å². The Morgan fingerprint density at radius 2 is 1.56 bits per heavy atom. The number of rotatable bonds is 13. The quantitative estimate of drug-likeness (QED) is 0.515. The standard InChI is InChI=1S/C14H31NO3/c1-5-15-14(13(2)3)7-6-8-17-11-12-18-10-9-16-4/h13-15H,5-12H2,1-4H3. The predicted octanol–water partition coefficient (Wildman–Crippen LogP) is 2.08. The summed E-state index contributed by atoms with van der Waals surface area (Å²) in [7, 11) is 1.68. The van der Waals surface area contributed by atoms with Gasteiger partial charge in [-0.3, -0.25) is 0 Å². The van der Waals surface area contributed by atoms with Crippen LogP contribution in [0.2, 0.25) is 0 Å². The first-order chi connectivity index (χ1) is 8.72. The first kappa shape index (κ1) is 17.8. The molecule has 0 aliphatic rings. The fourth-order valence-electron chi connectivity index (χ4n) is 1.80. The second kappa shape index (κ2) is 13.3.